The molecule has 0 saturated heterocycles. The molecule has 6 aromatic carbocycles. The Morgan fingerprint density at radius 2 is 0.860 bits per heavy atom. The Bertz CT molecular complexity index is 1830. The molecule has 0 aliphatic carbocycles. The van der Waals surface area contributed by atoms with E-state index >= 15 is 0 Å². The van der Waals surface area contributed by atoms with E-state index in [0.29, 0.717) is 46.1 Å². The fraction of sp³-hybridized carbons (Fsp3) is 0.217. The van der Waals surface area contributed by atoms with Crippen LogP contribution in [-0.2, 0) is 40.3 Å². The van der Waals surface area contributed by atoms with Crippen molar-refractivity contribution in [1.82, 2.24) is 4.81 Å². The Kier molecular flexibility index (Phi) is 17.0. The summed E-state index contributed by atoms with van der Waals surface area (Å²) in [6.45, 7) is 7.61. The van der Waals surface area contributed by atoms with Crippen LogP contribution in [0.15, 0.2) is 158 Å². The lowest BCUT2D eigenvalue weighted by Gasteiger charge is -2.21. The highest BCUT2D eigenvalue weighted by Gasteiger charge is 2.11. The molecule has 0 amide bonds. The van der Waals surface area contributed by atoms with E-state index in [-0.39, 0.29) is 0 Å². The van der Waals surface area contributed by atoms with Crippen LogP contribution in [0.25, 0.3) is 0 Å². The minimum Gasteiger partial charge on any atom is -0.489 e. The molecule has 287 valence electrons. The second-order valence-corrected chi connectivity index (χ2v) is 13.4. The SMILES string of the molecule is CCO[B]N(Cc1ccc(OCc2ccc([B]OCCNc3ccccc3)cc2)cc1)Cc1ccc(OCc2ccc([B]OCCNc3ccccc3)cc2)cc1. The Hall–Kier alpha value is -5.45. The summed E-state index contributed by atoms with van der Waals surface area (Å²) in [5.74, 6) is 1.65. The highest BCUT2D eigenvalue weighted by molar-refractivity contribution is 6.47. The summed E-state index contributed by atoms with van der Waals surface area (Å²) in [6.07, 6.45) is 0. The van der Waals surface area contributed by atoms with Crippen LogP contribution in [-0.4, -0.2) is 60.3 Å². The summed E-state index contributed by atoms with van der Waals surface area (Å²) in [4.78, 5) is 2.17. The van der Waals surface area contributed by atoms with Crippen molar-refractivity contribution in [2.75, 3.05) is 43.5 Å². The first-order valence-corrected chi connectivity index (χ1v) is 19.5. The van der Waals surface area contributed by atoms with Crippen molar-refractivity contribution >= 4 is 44.9 Å². The molecule has 6 rings (SSSR count). The van der Waals surface area contributed by atoms with Crippen molar-refractivity contribution in [1.29, 1.82) is 0 Å². The van der Waals surface area contributed by atoms with Gasteiger partial charge < -0.3 is 38.9 Å². The predicted octanol–water partition coefficient (Wildman–Crippen LogP) is 7.16. The van der Waals surface area contributed by atoms with Crippen LogP contribution in [0, 0.1) is 0 Å². The Morgan fingerprint density at radius 1 is 0.456 bits per heavy atom. The minimum atomic E-state index is 0.486. The second-order valence-electron chi connectivity index (χ2n) is 13.4. The Balaban J connectivity index is 0.876. The zero-order valence-corrected chi connectivity index (χ0v) is 32.6. The van der Waals surface area contributed by atoms with Crippen LogP contribution in [0.1, 0.15) is 29.2 Å². The highest BCUT2D eigenvalue weighted by atomic mass is 16.5. The summed E-state index contributed by atoms with van der Waals surface area (Å²) in [5, 5.41) is 6.68. The average Bonchev–Trinajstić information content (AvgIpc) is 3.26. The number of para-hydroxylation sites is 2. The van der Waals surface area contributed by atoms with E-state index in [1.807, 2.05) is 124 Å². The molecule has 6 aromatic rings. The largest absolute Gasteiger partial charge is 0.489 e. The van der Waals surface area contributed by atoms with Crippen molar-refractivity contribution in [2.24, 2.45) is 0 Å². The average molecular weight is 756 g/mol. The van der Waals surface area contributed by atoms with Gasteiger partial charge in [-0.25, -0.2) is 0 Å². The van der Waals surface area contributed by atoms with Gasteiger partial charge in [-0.3, -0.25) is 0 Å². The molecule has 0 aliphatic rings. The molecule has 0 spiro atoms. The van der Waals surface area contributed by atoms with E-state index in [1.165, 1.54) is 0 Å². The van der Waals surface area contributed by atoms with E-state index in [1.54, 1.807) is 15.0 Å². The number of ether oxygens (including phenoxy) is 2. The van der Waals surface area contributed by atoms with Gasteiger partial charge in [0, 0.05) is 57.4 Å². The normalized spacial score (nSPS) is 10.8. The first-order chi connectivity index (χ1) is 28.2. The summed E-state index contributed by atoms with van der Waals surface area (Å²) >= 11 is 0. The maximum Gasteiger partial charge on any atom is 0.399 e. The first-order valence-electron chi connectivity index (χ1n) is 19.5. The molecule has 0 aliphatic heterocycles. The van der Waals surface area contributed by atoms with Gasteiger partial charge in [0.15, 0.2) is 0 Å². The fourth-order valence-corrected chi connectivity index (χ4v) is 5.81. The lowest BCUT2D eigenvalue weighted by molar-refractivity contribution is 0.287. The zero-order valence-electron chi connectivity index (χ0n) is 32.6. The molecule has 0 saturated carbocycles. The summed E-state index contributed by atoms with van der Waals surface area (Å²) < 4.78 is 29.3. The Labute approximate surface area is 340 Å². The quantitative estimate of drug-likeness (QED) is 0.0472. The third kappa shape index (κ3) is 15.2. The van der Waals surface area contributed by atoms with E-state index in [9.17, 15) is 0 Å². The lowest BCUT2D eigenvalue weighted by atomic mass is 9.87. The van der Waals surface area contributed by atoms with Gasteiger partial charge in [0.1, 0.15) is 24.7 Å². The van der Waals surface area contributed by atoms with Crippen molar-refractivity contribution < 1.29 is 23.4 Å². The molecule has 2 N–H and O–H groups in total. The van der Waals surface area contributed by atoms with Gasteiger partial charge in [-0.2, -0.15) is 0 Å². The van der Waals surface area contributed by atoms with Gasteiger partial charge in [-0.15, -0.1) is 0 Å². The van der Waals surface area contributed by atoms with Gasteiger partial charge >= 0.3 is 22.6 Å². The first kappa shape index (κ1) is 41.2. The monoisotopic (exact) mass is 756 g/mol. The van der Waals surface area contributed by atoms with Crippen molar-refractivity contribution in [3.8, 4) is 11.5 Å². The van der Waals surface area contributed by atoms with E-state index in [2.05, 4.69) is 64.0 Å². The summed E-state index contributed by atoms with van der Waals surface area (Å²) in [6, 6.07) is 53.1. The summed E-state index contributed by atoms with van der Waals surface area (Å²) in [5.41, 5.74) is 8.71. The number of anilines is 2. The third-order valence-corrected chi connectivity index (χ3v) is 8.86. The number of benzene rings is 6. The number of hydrogen-bond donors (Lipinski definition) is 2. The van der Waals surface area contributed by atoms with E-state index < -0.39 is 0 Å². The van der Waals surface area contributed by atoms with Crippen LogP contribution < -0.4 is 31.0 Å². The number of nitrogens with one attached hydrogen (secondary N) is 2. The molecule has 0 fully saturated rings. The maximum absolute atomic E-state index is 6.09. The highest BCUT2D eigenvalue weighted by Crippen LogP contribution is 2.19. The predicted molar refractivity (Wildman–Crippen MR) is 234 cm³/mol. The standard InChI is InChI=1S/C46H49B3N3O5/c1-2-55-49-52(33-37-17-25-45(26-18-37)53-35-39-13-21-41(22-14-39)47-56-31-29-50-43-9-5-3-6-10-43)34-38-19-27-46(28-20-38)54-36-40-15-23-42(24-16-40)48-57-32-30-51-44-11-7-4-8-12-44/h3-28,50-51H,2,29-36H2,1H3. The molecule has 8 nitrogen and oxygen atoms in total. The fourth-order valence-electron chi connectivity index (χ4n) is 5.81. The molecular weight excluding hydrogens is 707 g/mol. The van der Waals surface area contributed by atoms with Crippen molar-refractivity contribution in [2.45, 2.75) is 33.2 Å². The molecule has 11 heteroatoms. The smallest absolute Gasteiger partial charge is 0.399 e. The minimum absolute atomic E-state index is 0.486. The Morgan fingerprint density at radius 3 is 1.26 bits per heavy atom. The van der Waals surface area contributed by atoms with Crippen molar-refractivity contribution in [3.05, 3.63) is 180 Å². The molecule has 0 unspecified atom stereocenters. The van der Waals surface area contributed by atoms with E-state index in [0.717, 1.165) is 69.1 Å². The lowest BCUT2D eigenvalue weighted by Crippen LogP contribution is -2.29. The molecule has 57 heavy (non-hydrogen) atoms. The molecule has 0 bridgehead atoms. The van der Waals surface area contributed by atoms with Crippen LogP contribution in [0.4, 0.5) is 11.4 Å². The second kappa shape index (κ2) is 23.6. The van der Waals surface area contributed by atoms with Crippen LogP contribution >= 0.6 is 0 Å². The van der Waals surface area contributed by atoms with Crippen molar-refractivity contribution in [3.63, 3.8) is 0 Å². The molecule has 0 atom stereocenters. The van der Waals surface area contributed by atoms with Gasteiger partial charge in [0.05, 0.1) is 0 Å². The molecular formula is C46H49B3N3O5. The molecule has 3 radical (unpaired) electrons. The molecule has 0 aromatic heterocycles. The van der Waals surface area contributed by atoms with Gasteiger partial charge in [0.25, 0.3) is 0 Å². The zero-order chi connectivity index (χ0) is 39.2. The van der Waals surface area contributed by atoms with Gasteiger partial charge in [-0.1, -0.05) is 120 Å². The topological polar surface area (TPSA) is 73.5 Å². The number of nitrogens with zero attached hydrogens (tertiary/aromatic N) is 1. The van der Waals surface area contributed by atoms with Crippen LogP contribution in [0.2, 0.25) is 0 Å². The summed E-state index contributed by atoms with van der Waals surface area (Å²) in [7, 11) is 5.40. The maximum atomic E-state index is 6.09. The number of rotatable bonds is 25. The molecule has 0 heterocycles. The number of hydrogen-bond acceptors (Lipinski definition) is 8. The van der Waals surface area contributed by atoms with Crippen LogP contribution in [0.5, 0.6) is 11.5 Å². The van der Waals surface area contributed by atoms with Crippen LogP contribution in [0.3, 0.4) is 0 Å². The van der Waals surface area contributed by atoms with Gasteiger partial charge in [0.2, 0.25) is 0 Å². The van der Waals surface area contributed by atoms with Gasteiger partial charge in [-0.05, 0) is 77.7 Å². The third-order valence-electron chi connectivity index (χ3n) is 8.86. The van der Waals surface area contributed by atoms with E-state index in [4.69, 9.17) is 23.4 Å².